The fraction of sp³-hybridized carbons (Fsp3) is 0.133. The maximum Gasteiger partial charge on any atom is 0.334 e. The standard InChI is InChI=1S/C15H14FNO3S/c1-2-11-7-3-4-8-12(11)15(18)17-13-9-5-6-10-14(13)21(16,19)20/h3-10H,2H2,1H3,(H,17,18). The summed E-state index contributed by atoms with van der Waals surface area (Å²) in [6.07, 6.45) is 0.659. The Morgan fingerprint density at radius 3 is 2.38 bits per heavy atom. The van der Waals surface area contributed by atoms with E-state index in [4.69, 9.17) is 0 Å². The summed E-state index contributed by atoms with van der Waals surface area (Å²) < 4.78 is 35.4. The number of carbonyl (C=O) groups is 1. The Labute approximate surface area is 122 Å². The zero-order valence-electron chi connectivity index (χ0n) is 11.3. The van der Waals surface area contributed by atoms with Crippen LogP contribution in [0.1, 0.15) is 22.8 Å². The van der Waals surface area contributed by atoms with Crippen molar-refractivity contribution in [3.05, 3.63) is 59.7 Å². The number of amides is 1. The number of hydrogen-bond acceptors (Lipinski definition) is 3. The van der Waals surface area contributed by atoms with E-state index in [1.54, 1.807) is 12.1 Å². The Morgan fingerprint density at radius 1 is 1.10 bits per heavy atom. The zero-order chi connectivity index (χ0) is 15.5. The van der Waals surface area contributed by atoms with Crippen LogP contribution in [0.3, 0.4) is 0 Å². The van der Waals surface area contributed by atoms with Gasteiger partial charge in [-0.25, -0.2) is 0 Å². The van der Waals surface area contributed by atoms with Crippen molar-refractivity contribution in [2.24, 2.45) is 0 Å². The van der Waals surface area contributed by atoms with Crippen LogP contribution in [0, 0.1) is 0 Å². The summed E-state index contributed by atoms with van der Waals surface area (Å²) in [5.74, 6) is -0.469. The highest BCUT2D eigenvalue weighted by Crippen LogP contribution is 2.23. The molecule has 0 unspecified atom stereocenters. The highest BCUT2D eigenvalue weighted by atomic mass is 32.3. The molecule has 0 aliphatic rings. The molecule has 0 aliphatic carbocycles. The maximum absolute atomic E-state index is 13.2. The number of hydrogen-bond donors (Lipinski definition) is 1. The third kappa shape index (κ3) is 3.46. The van der Waals surface area contributed by atoms with Crippen molar-refractivity contribution in [3.63, 3.8) is 0 Å². The smallest absolute Gasteiger partial charge is 0.321 e. The van der Waals surface area contributed by atoms with Gasteiger partial charge in [-0.05, 0) is 30.2 Å². The maximum atomic E-state index is 13.2. The van der Waals surface area contributed by atoms with Gasteiger partial charge in [0, 0.05) is 5.56 Å². The number of nitrogens with one attached hydrogen (secondary N) is 1. The Morgan fingerprint density at radius 2 is 1.71 bits per heavy atom. The molecule has 0 bridgehead atoms. The largest absolute Gasteiger partial charge is 0.334 e. The van der Waals surface area contributed by atoms with Crippen molar-refractivity contribution in [2.45, 2.75) is 18.2 Å². The first-order chi connectivity index (χ1) is 9.93. The van der Waals surface area contributed by atoms with Crippen LogP contribution >= 0.6 is 0 Å². The Kier molecular flexibility index (Phi) is 4.37. The van der Waals surface area contributed by atoms with Crippen LogP contribution in [-0.2, 0) is 16.6 Å². The summed E-state index contributed by atoms with van der Waals surface area (Å²) in [4.78, 5) is 11.7. The van der Waals surface area contributed by atoms with E-state index >= 15 is 0 Å². The van der Waals surface area contributed by atoms with Crippen LogP contribution in [0.2, 0.25) is 0 Å². The summed E-state index contributed by atoms with van der Waals surface area (Å²) >= 11 is 0. The summed E-state index contributed by atoms with van der Waals surface area (Å²) in [5, 5.41) is 2.45. The number of halogens is 1. The monoisotopic (exact) mass is 307 g/mol. The predicted octanol–water partition coefficient (Wildman–Crippen LogP) is 3.16. The molecule has 0 spiro atoms. The van der Waals surface area contributed by atoms with Crippen molar-refractivity contribution in [1.29, 1.82) is 0 Å². The summed E-state index contributed by atoms with van der Waals surface area (Å²) in [5.41, 5.74) is 1.19. The van der Waals surface area contributed by atoms with Crippen LogP contribution in [0.4, 0.5) is 9.57 Å². The molecule has 2 aromatic carbocycles. The second-order valence-electron chi connectivity index (χ2n) is 4.40. The van der Waals surface area contributed by atoms with Gasteiger partial charge in [0.2, 0.25) is 0 Å². The molecule has 0 fully saturated rings. The van der Waals surface area contributed by atoms with E-state index in [9.17, 15) is 17.1 Å². The van der Waals surface area contributed by atoms with Gasteiger partial charge in [0.25, 0.3) is 5.91 Å². The van der Waals surface area contributed by atoms with E-state index in [0.717, 1.165) is 11.6 Å². The van der Waals surface area contributed by atoms with E-state index in [1.165, 1.54) is 18.2 Å². The van der Waals surface area contributed by atoms with Gasteiger partial charge in [-0.1, -0.05) is 37.3 Å². The molecule has 0 aliphatic heterocycles. The Balaban J connectivity index is 2.37. The number of benzene rings is 2. The van der Waals surface area contributed by atoms with Crippen LogP contribution in [-0.4, -0.2) is 14.3 Å². The first-order valence-electron chi connectivity index (χ1n) is 6.36. The summed E-state index contributed by atoms with van der Waals surface area (Å²) in [6.45, 7) is 1.91. The zero-order valence-corrected chi connectivity index (χ0v) is 12.2. The van der Waals surface area contributed by atoms with Crippen molar-refractivity contribution in [2.75, 3.05) is 5.32 Å². The Bertz CT molecular complexity index is 772. The molecule has 0 saturated carbocycles. The molecule has 1 amide bonds. The minimum Gasteiger partial charge on any atom is -0.321 e. The fourth-order valence-corrected chi connectivity index (χ4v) is 2.65. The molecule has 21 heavy (non-hydrogen) atoms. The first kappa shape index (κ1) is 15.2. The second-order valence-corrected chi connectivity index (χ2v) is 5.71. The molecule has 0 saturated heterocycles. The fourth-order valence-electron chi connectivity index (χ4n) is 2.02. The Hall–Kier alpha value is -2.21. The van der Waals surface area contributed by atoms with Crippen molar-refractivity contribution < 1.29 is 17.1 Å². The van der Waals surface area contributed by atoms with Crippen molar-refractivity contribution in [1.82, 2.24) is 0 Å². The molecule has 2 rings (SSSR count). The lowest BCUT2D eigenvalue weighted by atomic mass is 10.0. The predicted molar refractivity (Wildman–Crippen MR) is 78.5 cm³/mol. The molecule has 4 nitrogen and oxygen atoms in total. The molecule has 6 heteroatoms. The van der Waals surface area contributed by atoms with Crippen LogP contribution in [0.25, 0.3) is 0 Å². The first-order valence-corrected chi connectivity index (χ1v) is 7.74. The number of anilines is 1. The molecule has 110 valence electrons. The lowest BCUT2D eigenvalue weighted by Crippen LogP contribution is -2.15. The lowest BCUT2D eigenvalue weighted by molar-refractivity contribution is 0.102. The van der Waals surface area contributed by atoms with Gasteiger partial charge in [0.05, 0.1) is 5.69 Å². The average Bonchev–Trinajstić information content (AvgIpc) is 2.46. The molecule has 0 heterocycles. The van der Waals surface area contributed by atoms with Crippen molar-refractivity contribution in [3.8, 4) is 0 Å². The topological polar surface area (TPSA) is 63.2 Å². The molecule has 0 radical (unpaired) electrons. The van der Waals surface area contributed by atoms with Gasteiger partial charge in [-0.2, -0.15) is 8.42 Å². The third-order valence-corrected chi connectivity index (χ3v) is 3.92. The minimum absolute atomic E-state index is 0.0732. The number of carbonyl (C=O) groups excluding carboxylic acids is 1. The lowest BCUT2D eigenvalue weighted by Gasteiger charge is -2.10. The van der Waals surface area contributed by atoms with E-state index in [-0.39, 0.29) is 5.69 Å². The SMILES string of the molecule is CCc1ccccc1C(=O)Nc1ccccc1S(=O)(=O)F. The minimum atomic E-state index is -4.89. The third-order valence-electron chi connectivity index (χ3n) is 3.04. The number of para-hydroxylation sites is 1. The summed E-state index contributed by atoms with van der Waals surface area (Å²) in [7, 11) is -4.89. The average molecular weight is 307 g/mol. The summed E-state index contributed by atoms with van der Waals surface area (Å²) in [6, 6.07) is 12.3. The van der Waals surface area contributed by atoms with Crippen LogP contribution in [0.5, 0.6) is 0 Å². The van der Waals surface area contributed by atoms with E-state index in [2.05, 4.69) is 5.32 Å². The number of rotatable bonds is 4. The van der Waals surface area contributed by atoms with Gasteiger partial charge in [-0.3, -0.25) is 4.79 Å². The van der Waals surface area contributed by atoms with E-state index < -0.39 is 21.0 Å². The van der Waals surface area contributed by atoms with E-state index in [1.807, 2.05) is 19.1 Å². The van der Waals surface area contributed by atoms with Gasteiger partial charge < -0.3 is 5.32 Å². The quantitative estimate of drug-likeness (QED) is 0.883. The van der Waals surface area contributed by atoms with Crippen LogP contribution < -0.4 is 5.32 Å². The number of aryl methyl sites for hydroxylation is 1. The van der Waals surface area contributed by atoms with Gasteiger partial charge >= 0.3 is 10.2 Å². The normalized spacial score (nSPS) is 11.1. The van der Waals surface area contributed by atoms with E-state index in [0.29, 0.717) is 12.0 Å². The molecular formula is C15H14FNO3S. The molecule has 1 N–H and O–H groups in total. The van der Waals surface area contributed by atoms with Gasteiger partial charge in [-0.15, -0.1) is 3.89 Å². The molecule has 0 atom stereocenters. The van der Waals surface area contributed by atoms with Gasteiger partial charge in [0.1, 0.15) is 4.90 Å². The second kappa shape index (κ2) is 6.05. The highest BCUT2D eigenvalue weighted by Gasteiger charge is 2.19. The molecular weight excluding hydrogens is 293 g/mol. The van der Waals surface area contributed by atoms with Crippen molar-refractivity contribution >= 4 is 21.8 Å². The van der Waals surface area contributed by atoms with Gasteiger partial charge in [0.15, 0.2) is 0 Å². The van der Waals surface area contributed by atoms with Crippen LogP contribution in [0.15, 0.2) is 53.4 Å². The highest BCUT2D eigenvalue weighted by molar-refractivity contribution is 7.86. The molecule has 0 aromatic heterocycles. The molecule has 2 aromatic rings.